The largest absolute Gasteiger partial charge is 0.481 e. The minimum atomic E-state index is -0.950. The monoisotopic (exact) mass is 306 g/mol. The summed E-state index contributed by atoms with van der Waals surface area (Å²) >= 11 is 17.7. The van der Waals surface area contributed by atoms with Crippen molar-refractivity contribution in [2.45, 2.75) is 6.42 Å². The summed E-state index contributed by atoms with van der Waals surface area (Å²) in [5.41, 5.74) is 0.494. The van der Waals surface area contributed by atoms with E-state index in [2.05, 4.69) is 0 Å². The molecule has 0 unspecified atom stereocenters. The zero-order valence-corrected chi connectivity index (χ0v) is 11.4. The van der Waals surface area contributed by atoms with Gasteiger partial charge in [0.2, 0.25) is 0 Å². The lowest BCUT2D eigenvalue weighted by Gasteiger charge is -2.22. The Balaban J connectivity index is 3.02. The SMILES string of the molecule is N#CCN(CCC(=O)O)c1cc(Cl)c(Cl)cc1Cl. The second-order valence-corrected chi connectivity index (χ2v) is 4.66. The van der Waals surface area contributed by atoms with Crippen LogP contribution in [-0.4, -0.2) is 24.2 Å². The van der Waals surface area contributed by atoms with Gasteiger partial charge in [0.1, 0.15) is 6.54 Å². The normalized spacial score (nSPS) is 9.89. The third-order valence-corrected chi connectivity index (χ3v) is 3.21. The number of nitriles is 1. The van der Waals surface area contributed by atoms with Gasteiger partial charge in [-0.2, -0.15) is 5.26 Å². The zero-order chi connectivity index (χ0) is 13.7. The van der Waals surface area contributed by atoms with Gasteiger partial charge in [0.05, 0.1) is 33.2 Å². The highest BCUT2D eigenvalue weighted by Crippen LogP contribution is 2.34. The Kier molecular flexibility index (Phi) is 5.54. The first-order valence-corrected chi connectivity index (χ1v) is 6.07. The summed E-state index contributed by atoms with van der Waals surface area (Å²) in [5.74, 6) is -0.950. The van der Waals surface area contributed by atoms with E-state index in [0.29, 0.717) is 20.8 Å². The van der Waals surface area contributed by atoms with Crippen molar-refractivity contribution in [1.82, 2.24) is 0 Å². The molecular weight excluding hydrogens is 298 g/mol. The van der Waals surface area contributed by atoms with Crippen LogP contribution in [-0.2, 0) is 4.79 Å². The van der Waals surface area contributed by atoms with Crippen LogP contribution in [0.3, 0.4) is 0 Å². The minimum Gasteiger partial charge on any atom is -0.481 e. The molecule has 0 fully saturated rings. The van der Waals surface area contributed by atoms with Crippen LogP contribution in [0.4, 0.5) is 5.69 Å². The number of benzene rings is 1. The van der Waals surface area contributed by atoms with E-state index in [0.717, 1.165) is 0 Å². The van der Waals surface area contributed by atoms with E-state index in [9.17, 15) is 4.79 Å². The van der Waals surface area contributed by atoms with Crippen molar-refractivity contribution in [3.8, 4) is 6.07 Å². The van der Waals surface area contributed by atoms with Gasteiger partial charge in [-0.3, -0.25) is 4.79 Å². The lowest BCUT2D eigenvalue weighted by Crippen LogP contribution is -2.26. The number of hydrogen-bond donors (Lipinski definition) is 1. The summed E-state index contributed by atoms with van der Waals surface area (Å²) in [5, 5.41) is 18.3. The summed E-state index contributed by atoms with van der Waals surface area (Å²) in [6.07, 6.45) is -0.0990. The molecule has 0 saturated heterocycles. The number of carboxylic acids is 1. The van der Waals surface area contributed by atoms with Crippen LogP contribution in [0.2, 0.25) is 15.1 Å². The number of nitrogens with zero attached hydrogens (tertiary/aromatic N) is 2. The second-order valence-electron chi connectivity index (χ2n) is 3.44. The first-order chi connectivity index (χ1) is 8.45. The number of carboxylic acid groups (broad SMARTS) is 1. The van der Waals surface area contributed by atoms with E-state index < -0.39 is 5.97 Å². The van der Waals surface area contributed by atoms with E-state index in [-0.39, 0.29) is 19.5 Å². The fourth-order valence-electron chi connectivity index (χ4n) is 1.36. The molecule has 0 heterocycles. The molecule has 0 bridgehead atoms. The van der Waals surface area contributed by atoms with Crippen molar-refractivity contribution in [2.24, 2.45) is 0 Å². The van der Waals surface area contributed by atoms with Crippen LogP contribution in [0.25, 0.3) is 0 Å². The Morgan fingerprint density at radius 2 is 1.89 bits per heavy atom. The molecule has 4 nitrogen and oxygen atoms in total. The first-order valence-electron chi connectivity index (χ1n) is 4.94. The number of aliphatic carboxylic acids is 1. The van der Waals surface area contributed by atoms with Gasteiger partial charge in [0.15, 0.2) is 0 Å². The van der Waals surface area contributed by atoms with Crippen LogP contribution < -0.4 is 4.90 Å². The van der Waals surface area contributed by atoms with Crippen molar-refractivity contribution < 1.29 is 9.90 Å². The van der Waals surface area contributed by atoms with Crippen molar-refractivity contribution in [3.63, 3.8) is 0 Å². The second kappa shape index (κ2) is 6.69. The lowest BCUT2D eigenvalue weighted by atomic mass is 10.2. The van der Waals surface area contributed by atoms with Gasteiger partial charge < -0.3 is 10.0 Å². The third kappa shape index (κ3) is 3.95. The molecule has 0 amide bonds. The topological polar surface area (TPSA) is 64.3 Å². The minimum absolute atomic E-state index is 0.0188. The number of rotatable bonds is 5. The molecule has 18 heavy (non-hydrogen) atoms. The molecule has 0 spiro atoms. The fourth-order valence-corrected chi connectivity index (χ4v) is 2.02. The Morgan fingerprint density at radius 1 is 1.28 bits per heavy atom. The fraction of sp³-hybridized carbons (Fsp3) is 0.273. The van der Waals surface area contributed by atoms with Crippen LogP contribution >= 0.6 is 34.8 Å². The van der Waals surface area contributed by atoms with Gasteiger partial charge >= 0.3 is 5.97 Å². The van der Waals surface area contributed by atoms with E-state index in [1.54, 1.807) is 4.90 Å². The first kappa shape index (κ1) is 14.9. The van der Waals surface area contributed by atoms with Gasteiger partial charge in [-0.15, -0.1) is 0 Å². The van der Waals surface area contributed by atoms with Crippen molar-refractivity contribution >= 4 is 46.5 Å². The Labute approximate surface area is 119 Å². The predicted octanol–water partition coefficient (Wildman–Crippen LogP) is 3.45. The van der Waals surface area contributed by atoms with E-state index >= 15 is 0 Å². The highest BCUT2D eigenvalue weighted by Gasteiger charge is 2.14. The van der Waals surface area contributed by atoms with Gasteiger partial charge in [-0.25, -0.2) is 0 Å². The van der Waals surface area contributed by atoms with E-state index in [1.165, 1.54) is 12.1 Å². The Morgan fingerprint density at radius 3 is 2.44 bits per heavy atom. The molecule has 0 aliphatic carbocycles. The van der Waals surface area contributed by atoms with Crippen molar-refractivity contribution in [3.05, 3.63) is 27.2 Å². The van der Waals surface area contributed by atoms with Gasteiger partial charge in [0.25, 0.3) is 0 Å². The molecular formula is C11H9Cl3N2O2. The summed E-state index contributed by atoms with van der Waals surface area (Å²) in [7, 11) is 0. The molecule has 0 saturated carbocycles. The summed E-state index contributed by atoms with van der Waals surface area (Å²) < 4.78 is 0. The van der Waals surface area contributed by atoms with Crippen LogP contribution in [0, 0.1) is 11.3 Å². The Bertz CT molecular complexity index is 500. The summed E-state index contributed by atoms with van der Waals surface area (Å²) in [4.78, 5) is 12.1. The quantitative estimate of drug-likeness (QED) is 0.668. The lowest BCUT2D eigenvalue weighted by molar-refractivity contribution is -0.136. The molecule has 1 aromatic carbocycles. The Hall–Kier alpha value is -1.15. The highest BCUT2D eigenvalue weighted by molar-refractivity contribution is 6.44. The number of carbonyl (C=O) groups is 1. The summed E-state index contributed by atoms with van der Waals surface area (Å²) in [6.45, 7) is 0.186. The average Bonchev–Trinajstić information content (AvgIpc) is 2.29. The molecule has 0 atom stereocenters. The number of halogens is 3. The van der Waals surface area contributed by atoms with Crippen LogP contribution in [0.15, 0.2) is 12.1 Å². The maximum absolute atomic E-state index is 10.6. The van der Waals surface area contributed by atoms with Gasteiger partial charge in [0, 0.05) is 6.54 Å². The molecule has 7 heteroatoms. The van der Waals surface area contributed by atoms with Crippen LogP contribution in [0.1, 0.15) is 6.42 Å². The smallest absolute Gasteiger partial charge is 0.305 e. The van der Waals surface area contributed by atoms with Crippen molar-refractivity contribution in [2.75, 3.05) is 18.0 Å². The van der Waals surface area contributed by atoms with Crippen molar-refractivity contribution in [1.29, 1.82) is 5.26 Å². The van der Waals surface area contributed by atoms with E-state index in [4.69, 9.17) is 45.2 Å². The maximum Gasteiger partial charge on any atom is 0.305 e. The molecule has 0 aliphatic rings. The molecule has 0 radical (unpaired) electrons. The molecule has 0 aromatic heterocycles. The molecule has 1 rings (SSSR count). The third-order valence-electron chi connectivity index (χ3n) is 2.19. The predicted molar refractivity (Wildman–Crippen MR) is 71.6 cm³/mol. The number of anilines is 1. The zero-order valence-electron chi connectivity index (χ0n) is 9.16. The molecule has 0 aliphatic heterocycles. The van der Waals surface area contributed by atoms with E-state index in [1.807, 2.05) is 6.07 Å². The standard InChI is InChI=1S/C11H9Cl3N2O2/c12-7-5-9(14)10(6-8(7)13)16(4-2-15)3-1-11(17)18/h5-6H,1,3-4H2,(H,17,18). The summed E-state index contributed by atoms with van der Waals surface area (Å²) in [6, 6.07) is 4.93. The molecule has 96 valence electrons. The maximum atomic E-state index is 10.6. The van der Waals surface area contributed by atoms with Gasteiger partial charge in [-0.1, -0.05) is 34.8 Å². The van der Waals surface area contributed by atoms with Gasteiger partial charge in [-0.05, 0) is 12.1 Å². The number of hydrogen-bond acceptors (Lipinski definition) is 3. The average molecular weight is 308 g/mol. The molecule has 1 aromatic rings. The molecule has 1 N–H and O–H groups in total. The van der Waals surface area contributed by atoms with Crippen LogP contribution in [0.5, 0.6) is 0 Å². The highest BCUT2D eigenvalue weighted by atomic mass is 35.5.